The highest BCUT2D eigenvalue weighted by molar-refractivity contribution is 5.89. The summed E-state index contributed by atoms with van der Waals surface area (Å²) in [5.74, 6) is -2.14. The van der Waals surface area contributed by atoms with Crippen molar-refractivity contribution < 1.29 is 29.4 Å². The number of carbonyl (C=O) groups excluding carboxylic acids is 2. The van der Waals surface area contributed by atoms with Crippen molar-refractivity contribution in [1.82, 2.24) is 0 Å². The standard InChI is InChI=1S/2C5H11NO.C4H4O4/c2*1-4(2)3-5(6)7;5-3(6)1-2-4(7)8/h2*4H,3H2,1-2H3,(H2,6,7);1-2H,(H,5,6)(H,7,8)/b;;2-1-. The molecule has 2 amide bonds. The van der Waals surface area contributed by atoms with E-state index in [1.165, 1.54) is 0 Å². The highest BCUT2D eigenvalue weighted by Crippen LogP contribution is 1.95. The number of rotatable bonds is 6. The molecule has 8 nitrogen and oxygen atoms in total. The fraction of sp³-hybridized carbons (Fsp3) is 0.571. The molecule has 6 N–H and O–H groups in total. The van der Waals surface area contributed by atoms with Crippen LogP contribution in [-0.4, -0.2) is 34.0 Å². The maximum Gasteiger partial charge on any atom is 0.328 e. The number of aliphatic carboxylic acids is 2. The van der Waals surface area contributed by atoms with Crippen LogP contribution in [-0.2, 0) is 19.2 Å². The van der Waals surface area contributed by atoms with Gasteiger partial charge < -0.3 is 21.7 Å². The first kappa shape index (κ1) is 24.6. The zero-order valence-electron chi connectivity index (χ0n) is 13.4. The summed E-state index contributed by atoms with van der Waals surface area (Å²) in [5, 5.41) is 15.6. The zero-order valence-corrected chi connectivity index (χ0v) is 13.4. The monoisotopic (exact) mass is 318 g/mol. The second-order valence-corrected chi connectivity index (χ2v) is 5.14. The lowest BCUT2D eigenvalue weighted by Crippen LogP contribution is -2.12. The maximum absolute atomic E-state index is 10.0. The molecule has 0 aliphatic rings. The second kappa shape index (κ2) is 15.0. The summed E-state index contributed by atoms with van der Waals surface area (Å²) in [6.45, 7) is 7.85. The van der Waals surface area contributed by atoms with Crippen molar-refractivity contribution in [1.29, 1.82) is 0 Å². The summed E-state index contributed by atoms with van der Waals surface area (Å²) in [7, 11) is 0. The van der Waals surface area contributed by atoms with E-state index in [-0.39, 0.29) is 11.8 Å². The van der Waals surface area contributed by atoms with E-state index in [9.17, 15) is 19.2 Å². The highest BCUT2D eigenvalue weighted by atomic mass is 16.4. The second-order valence-electron chi connectivity index (χ2n) is 5.14. The van der Waals surface area contributed by atoms with Crippen molar-refractivity contribution in [3.8, 4) is 0 Å². The van der Waals surface area contributed by atoms with Gasteiger partial charge >= 0.3 is 11.9 Å². The Balaban J connectivity index is -0.000000247. The fourth-order valence-electron chi connectivity index (χ4n) is 0.947. The van der Waals surface area contributed by atoms with E-state index in [4.69, 9.17) is 21.7 Å². The SMILES string of the molecule is CC(C)CC(N)=O.CC(C)CC(N)=O.O=C(O)/C=C\C(=O)O. The van der Waals surface area contributed by atoms with Crippen LogP contribution in [0, 0.1) is 11.8 Å². The fourth-order valence-corrected chi connectivity index (χ4v) is 0.947. The van der Waals surface area contributed by atoms with Crippen molar-refractivity contribution in [2.45, 2.75) is 40.5 Å². The third kappa shape index (κ3) is 43.2. The lowest BCUT2D eigenvalue weighted by molar-refractivity contribution is -0.134. The zero-order chi connectivity index (χ0) is 18.3. The van der Waals surface area contributed by atoms with E-state index in [0.717, 1.165) is 0 Å². The third-order valence-electron chi connectivity index (χ3n) is 1.59. The third-order valence-corrected chi connectivity index (χ3v) is 1.59. The minimum Gasteiger partial charge on any atom is -0.478 e. The van der Waals surface area contributed by atoms with Crippen LogP contribution in [0.2, 0.25) is 0 Å². The molecule has 0 bridgehead atoms. The molecule has 0 fully saturated rings. The molecule has 0 spiro atoms. The molecule has 0 rings (SSSR count). The lowest BCUT2D eigenvalue weighted by Gasteiger charge is -1.95. The Hall–Kier alpha value is -2.38. The number of carboxylic acid groups (broad SMARTS) is 2. The number of nitrogens with two attached hydrogens (primary N) is 2. The predicted octanol–water partition coefficient (Wildman–Crippen LogP) is 0.747. The summed E-state index contributed by atoms with van der Waals surface area (Å²) in [6, 6.07) is 0. The molecule has 0 aliphatic carbocycles. The molecule has 0 heterocycles. The van der Waals surface area contributed by atoms with Crippen molar-refractivity contribution in [2.75, 3.05) is 0 Å². The van der Waals surface area contributed by atoms with Crippen molar-refractivity contribution >= 4 is 23.8 Å². The van der Waals surface area contributed by atoms with E-state index < -0.39 is 11.9 Å². The van der Waals surface area contributed by atoms with Crippen LogP contribution in [0.1, 0.15) is 40.5 Å². The van der Waals surface area contributed by atoms with Crippen LogP contribution in [0.15, 0.2) is 12.2 Å². The van der Waals surface area contributed by atoms with E-state index in [1.54, 1.807) is 0 Å². The molecule has 0 saturated carbocycles. The molecule has 8 heteroatoms. The first-order valence-corrected chi connectivity index (χ1v) is 6.58. The normalized spacial score (nSPS) is 9.55. The van der Waals surface area contributed by atoms with Gasteiger partial charge in [0.2, 0.25) is 11.8 Å². The molecule has 0 aliphatic heterocycles. The Morgan fingerprint density at radius 2 is 1.00 bits per heavy atom. The molecule has 0 unspecified atom stereocenters. The van der Waals surface area contributed by atoms with E-state index in [0.29, 0.717) is 36.8 Å². The number of primary amides is 2. The van der Waals surface area contributed by atoms with Gasteiger partial charge in [-0.3, -0.25) is 9.59 Å². The number of carbonyl (C=O) groups is 4. The Kier molecular flexibility index (Phi) is 16.8. The first-order chi connectivity index (χ1) is 9.88. The van der Waals surface area contributed by atoms with Gasteiger partial charge in [0.1, 0.15) is 0 Å². The van der Waals surface area contributed by atoms with Gasteiger partial charge in [-0.25, -0.2) is 9.59 Å². The van der Waals surface area contributed by atoms with Gasteiger partial charge in [-0.15, -0.1) is 0 Å². The molecule has 0 saturated heterocycles. The Morgan fingerprint density at radius 1 is 0.773 bits per heavy atom. The molecule has 22 heavy (non-hydrogen) atoms. The largest absolute Gasteiger partial charge is 0.478 e. The quantitative estimate of drug-likeness (QED) is 0.528. The minimum absolute atomic E-state index is 0.213. The van der Waals surface area contributed by atoms with E-state index in [2.05, 4.69) is 0 Å². The molecular formula is C14H26N2O6. The van der Waals surface area contributed by atoms with Crippen molar-refractivity contribution in [3.63, 3.8) is 0 Å². The average molecular weight is 318 g/mol. The van der Waals surface area contributed by atoms with Crippen LogP contribution in [0.4, 0.5) is 0 Å². The molecule has 0 aromatic rings. The van der Waals surface area contributed by atoms with Crippen LogP contribution in [0.5, 0.6) is 0 Å². The van der Waals surface area contributed by atoms with Gasteiger partial charge in [0.25, 0.3) is 0 Å². The summed E-state index contributed by atoms with van der Waals surface area (Å²) in [5.41, 5.74) is 9.71. The Labute approximate surface area is 130 Å². The van der Waals surface area contributed by atoms with Gasteiger partial charge in [0, 0.05) is 25.0 Å². The van der Waals surface area contributed by atoms with Gasteiger partial charge in [-0.2, -0.15) is 0 Å². The Morgan fingerprint density at radius 3 is 1.05 bits per heavy atom. The van der Waals surface area contributed by atoms with Crippen molar-refractivity contribution in [3.05, 3.63) is 12.2 Å². The number of hydrogen-bond donors (Lipinski definition) is 4. The van der Waals surface area contributed by atoms with Gasteiger partial charge in [0.15, 0.2) is 0 Å². The Bertz CT molecular complexity index is 353. The molecule has 0 radical (unpaired) electrons. The van der Waals surface area contributed by atoms with E-state index in [1.807, 2.05) is 27.7 Å². The number of carboxylic acids is 2. The predicted molar refractivity (Wildman–Crippen MR) is 81.7 cm³/mol. The van der Waals surface area contributed by atoms with Crippen LogP contribution >= 0.6 is 0 Å². The molecule has 128 valence electrons. The highest BCUT2D eigenvalue weighted by Gasteiger charge is 1.96. The minimum atomic E-state index is -1.26. The molecular weight excluding hydrogens is 292 g/mol. The van der Waals surface area contributed by atoms with Crippen molar-refractivity contribution in [2.24, 2.45) is 23.3 Å². The van der Waals surface area contributed by atoms with E-state index >= 15 is 0 Å². The summed E-state index contributed by atoms with van der Waals surface area (Å²) in [6.07, 6.45) is 2.12. The van der Waals surface area contributed by atoms with Crippen LogP contribution < -0.4 is 11.5 Å². The van der Waals surface area contributed by atoms with Crippen LogP contribution in [0.25, 0.3) is 0 Å². The average Bonchev–Trinajstić information content (AvgIpc) is 2.23. The van der Waals surface area contributed by atoms with Crippen LogP contribution in [0.3, 0.4) is 0 Å². The maximum atomic E-state index is 10.0. The lowest BCUT2D eigenvalue weighted by atomic mass is 10.1. The molecule has 0 aromatic carbocycles. The number of hydrogen-bond acceptors (Lipinski definition) is 4. The topological polar surface area (TPSA) is 161 Å². The summed E-state index contributed by atoms with van der Waals surface area (Å²) < 4.78 is 0. The summed E-state index contributed by atoms with van der Waals surface area (Å²) in [4.78, 5) is 39.2. The van der Waals surface area contributed by atoms with Gasteiger partial charge in [-0.1, -0.05) is 27.7 Å². The van der Waals surface area contributed by atoms with Gasteiger partial charge in [-0.05, 0) is 11.8 Å². The first-order valence-electron chi connectivity index (χ1n) is 6.58. The molecule has 0 atom stereocenters. The van der Waals surface area contributed by atoms with Gasteiger partial charge in [0.05, 0.1) is 0 Å². The smallest absolute Gasteiger partial charge is 0.328 e. The molecule has 0 aromatic heterocycles. The number of amides is 2. The summed E-state index contributed by atoms with van der Waals surface area (Å²) >= 11 is 0.